The fourth-order valence-corrected chi connectivity index (χ4v) is 4.00. The molecule has 0 saturated heterocycles. The lowest BCUT2D eigenvalue weighted by molar-refractivity contribution is 0.482. The van der Waals surface area contributed by atoms with Crippen molar-refractivity contribution in [3.8, 4) is 16.9 Å². The van der Waals surface area contributed by atoms with E-state index in [0.29, 0.717) is 51.2 Å². The van der Waals surface area contributed by atoms with Crippen LogP contribution in [0.2, 0.25) is 5.02 Å². The lowest BCUT2D eigenvalue weighted by Gasteiger charge is -2.13. The van der Waals surface area contributed by atoms with Crippen LogP contribution in [0.5, 0.6) is 5.75 Å². The minimum Gasteiger partial charge on any atom is -0.505 e. The minimum absolute atomic E-state index is 0.143. The van der Waals surface area contributed by atoms with Gasteiger partial charge in [0, 0.05) is 29.6 Å². The average molecular weight is 405 g/mol. The van der Waals surface area contributed by atoms with Crippen LogP contribution < -0.4 is 16.8 Å². The number of nitrogens with two attached hydrogens (primary N) is 2. The Hall–Kier alpha value is -2.75. The van der Waals surface area contributed by atoms with Gasteiger partial charge < -0.3 is 21.9 Å². The molecule has 10 heteroatoms. The van der Waals surface area contributed by atoms with Crippen LogP contribution in [0.15, 0.2) is 24.5 Å². The molecule has 0 atom stereocenters. The third-order valence-corrected chi connectivity index (χ3v) is 5.26. The second-order valence-electron chi connectivity index (χ2n) is 5.74. The summed E-state index contributed by atoms with van der Waals surface area (Å²) in [5.74, 6) is -0.0681. The smallest absolute Gasteiger partial charge is 0.181 e. The number of halogens is 2. The molecule has 0 fully saturated rings. The van der Waals surface area contributed by atoms with Gasteiger partial charge in [-0.1, -0.05) is 22.9 Å². The first kappa shape index (κ1) is 17.7. The summed E-state index contributed by atoms with van der Waals surface area (Å²) >= 11 is 7.51. The monoisotopic (exact) mass is 404 g/mol. The third kappa shape index (κ3) is 2.89. The molecule has 6 N–H and O–H groups in total. The second-order valence-corrected chi connectivity index (χ2v) is 7.18. The number of hydrogen-bond donors (Lipinski definition) is 4. The third-order valence-electron chi connectivity index (χ3n) is 4.07. The standard InChI is InChI=1S/C17H14ClFN6OS/c18-9-5-8-12(23-6-24-16(8)22-4-3-20)14(26)11(9)7-1-2-10(19)15-13(7)25-17(21)27-15/h1-2,5-6,26H,3-4,20H2,(H2,21,25)(H,22,23,24). The Labute approximate surface area is 161 Å². The first-order chi connectivity index (χ1) is 13.0. The van der Waals surface area contributed by atoms with E-state index >= 15 is 0 Å². The first-order valence-corrected chi connectivity index (χ1v) is 9.15. The molecule has 2 aromatic carbocycles. The highest BCUT2D eigenvalue weighted by atomic mass is 35.5. The maximum absolute atomic E-state index is 14.1. The lowest BCUT2D eigenvalue weighted by atomic mass is 10.0. The van der Waals surface area contributed by atoms with Crippen molar-refractivity contribution in [1.29, 1.82) is 0 Å². The number of thiazole rings is 1. The predicted molar refractivity (Wildman–Crippen MR) is 107 cm³/mol. The fourth-order valence-electron chi connectivity index (χ4n) is 2.93. The van der Waals surface area contributed by atoms with Gasteiger partial charge in [-0.25, -0.2) is 19.3 Å². The molecule has 7 nitrogen and oxygen atoms in total. The van der Waals surface area contributed by atoms with Gasteiger partial charge in [0.05, 0.1) is 15.2 Å². The van der Waals surface area contributed by atoms with Crippen LogP contribution in [-0.2, 0) is 0 Å². The molecule has 4 aromatic rings. The molecule has 0 spiro atoms. The zero-order valence-corrected chi connectivity index (χ0v) is 15.4. The maximum atomic E-state index is 14.1. The van der Waals surface area contributed by atoms with Gasteiger partial charge in [0.2, 0.25) is 0 Å². The number of fused-ring (bicyclic) bond motifs is 2. The number of aromatic nitrogens is 3. The Morgan fingerprint density at radius 3 is 2.85 bits per heavy atom. The zero-order chi connectivity index (χ0) is 19.1. The molecule has 0 aliphatic rings. The Morgan fingerprint density at radius 2 is 2.07 bits per heavy atom. The Balaban J connectivity index is 2.00. The SMILES string of the molecule is NCCNc1ncnc2c(O)c(-c3ccc(F)c4sc(N)nc34)c(Cl)cc12. The molecule has 0 bridgehead atoms. The number of aromatic hydroxyl groups is 1. The molecule has 2 heterocycles. The molecule has 0 unspecified atom stereocenters. The summed E-state index contributed by atoms with van der Waals surface area (Å²) in [6.07, 6.45) is 1.33. The summed E-state index contributed by atoms with van der Waals surface area (Å²) in [7, 11) is 0. The zero-order valence-electron chi connectivity index (χ0n) is 13.8. The van der Waals surface area contributed by atoms with E-state index in [0.717, 1.165) is 11.3 Å². The highest BCUT2D eigenvalue weighted by Crippen LogP contribution is 2.45. The topological polar surface area (TPSA) is 123 Å². The van der Waals surface area contributed by atoms with Crippen LogP contribution >= 0.6 is 22.9 Å². The molecule has 0 aliphatic heterocycles. The predicted octanol–water partition coefficient (Wildman–Crippen LogP) is 3.36. The van der Waals surface area contributed by atoms with Crippen LogP contribution in [0.4, 0.5) is 15.3 Å². The molecule has 2 aromatic heterocycles. The summed E-state index contributed by atoms with van der Waals surface area (Å²) < 4.78 is 14.4. The number of anilines is 2. The van der Waals surface area contributed by atoms with Crippen LogP contribution in [-0.4, -0.2) is 33.1 Å². The molecule has 27 heavy (non-hydrogen) atoms. The van der Waals surface area contributed by atoms with E-state index < -0.39 is 5.82 Å². The summed E-state index contributed by atoms with van der Waals surface area (Å²) in [5.41, 5.74) is 12.7. The van der Waals surface area contributed by atoms with Crippen LogP contribution in [0.3, 0.4) is 0 Å². The van der Waals surface area contributed by atoms with Crippen LogP contribution in [0.1, 0.15) is 0 Å². The van der Waals surface area contributed by atoms with Crippen molar-refractivity contribution < 1.29 is 9.50 Å². The average Bonchev–Trinajstić information content (AvgIpc) is 3.04. The minimum atomic E-state index is -0.435. The van der Waals surface area contributed by atoms with Crippen molar-refractivity contribution in [3.05, 3.63) is 35.4 Å². The number of phenolic OH excluding ortho intramolecular Hbond substituents is 1. The molecular formula is C17H14ClFN6OS. The van der Waals surface area contributed by atoms with E-state index in [1.807, 2.05) is 0 Å². The number of nitrogens with zero attached hydrogens (tertiary/aromatic N) is 3. The lowest BCUT2D eigenvalue weighted by Crippen LogP contribution is -2.14. The number of rotatable bonds is 4. The van der Waals surface area contributed by atoms with Crippen molar-refractivity contribution in [3.63, 3.8) is 0 Å². The van der Waals surface area contributed by atoms with E-state index in [2.05, 4.69) is 20.3 Å². The maximum Gasteiger partial charge on any atom is 0.181 e. The fraction of sp³-hybridized carbons (Fsp3) is 0.118. The number of hydrogen-bond acceptors (Lipinski definition) is 8. The quantitative estimate of drug-likeness (QED) is 0.411. The summed E-state index contributed by atoms with van der Waals surface area (Å²) in [4.78, 5) is 12.5. The Morgan fingerprint density at radius 1 is 1.26 bits per heavy atom. The Kier molecular flexibility index (Phi) is 4.42. The largest absolute Gasteiger partial charge is 0.505 e. The normalized spacial score (nSPS) is 11.4. The number of nitrogen functional groups attached to an aromatic ring is 1. The van der Waals surface area contributed by atoms with Gasteiger partial charge in [0.15, 0.2) is 10.9 Å². The van der Waals surface area contributed by atoms with Crippen molar-refractivity contribution in [2.75, 3.05) is 24.1 Å². The van der Waals surface area contributed by atoms with Crippen LogP contribution in [0, 0.1) is 5.82 Å². The molecule has 0 radical (unpaired) electrons. The highest BCUT2D eigenvalue weighted by Gasteiger charge is 2.21. The summed E-state index contributed by atoms with van der Waals surface area (Å²) in [6, 6.07) is 4.46. The first-order valence-electron chi connectivity index (χ1n) is 7.96. The number of phenols is 1. The van der Waals surface area contributed by atoms with Gasteiger partial charge in [0.1, 0.15) is 23.5 Å². The van der Waals surface area contributed by atoms with Crippen molar-refractivity contribution >= 4 is 55.0 Å². The Bertz CT molecular complexity index is 1180. The van der Waals surface area contributed by atoms with Crippen molar-refractivity contribution in [2.24, 2.45) is 5.73 Å². The molecule has 4 rings (SSSR count). The van der Waals surface area contributed by atoms with Gasteiger partial charge >= 0.3 is 0 Å². The van der Waals surface area contributed by atoms with Crippen LogP contribution in [0.25, 0.3) is 32.2 Å². The van der Waals surface area contributed by atoms with Crippen molar-refractivity contribution in [2.45, 2.75) is 0 Å². The van der Waals surface area contributed by atoms with E-state index in [1.165, 1.54) is 18.5 Å². The summed E-state index contributed by atoms with van der Waals surface area (Å²) in [6.45, 7) is 0.922. The number of benzene rings is 2. The molecule has 0 aliphatic carbocycles. The van der Waals surface area contributed by atoms with Crippen molar-refractivity contribution in [1.82, 2.24) is 15.0 Å². The van der Waals surface area contributed by atoms with E-state index in [-0.39, 0.29) is 15.9 Å². The second kappa shape index (κ2) is 6.76. The summed E-state index contributed by atoms with van der Waals surface area (Å²) in [5, 5.41) is 15.0. The number of nitrogens with one attached hydrogen (secondary N) is 1. The highest BCUT2D eigenvalue weighted by molar-refractivity contribution is 7.22. The van der Waals surface area contributed by atoms with Gasteiger partial charge in [-0.2, -0.15) is 0 Å². The van der Waals surface area contributed by atoms with Gasteiger partial charge in [-0.15, -0.1) is 0 Å². The van der Waals surface area contributed by atoms with Gasteiger partial charge in [0.25, 0.3) is 0 Å². The molecule has 138 valence electrons. The molecular weight excluding hydrogens is 391 g/mol. The van der Waals surface area contributed by atoms with E-state index in [1.54, 1.807) is 6.07 Å². The van der Waals surface area contributed by atoms with E-state index in [9.17, 15) is 9.50 Å². The van der Waals surface area contributed by atoms with Gasteiger partial charge in [-0.3, -0.25) is 0 Å². The van der Waals surface area contributed by atoms with Gasteiger partial charge in [-0.05, 0) is 18.2 Å². The molecule has 0 amide bonds. The van der Waals surface area contributed by atoms with E-state index in [4.69, 9.17) is 23.1 Å². The molecule has 0 saturated carbocycles.